The highest BCUT2D eigenvalue weighted by atomic mass is 35.7. The average molecular weight is 279 g/mol. The smallest absolute Gasteiger partial charge is 0.261 e. The standard InChI is InChI=1S/C10H8Cl2O3S/c11-10(13)7-4-6-2-1-3-8(6)9(5-7)16(12,14)15/h4-5H,1-3H2. The molecule has 1 aromatic rings. The van der Waals surface area contributed by atoms with Gasteiger partial charge in [0.15, 0.2) is 0 Å². The number of rotatable bonds is 2. The van der Waals surface area contributed by atoms with E-state index in [1.165, 1.54) is 6.07 Å². The lowest BCUT2D eigenvalue weighted by Gasteiger charge is -2.07. The zero-order valence-corrected chi connectivity index (χ0v) is 10.5. The fraction of sp³-hybridized carbons (Fsp3) is 0.300. The zero-order valence-electron chi connectivity index (χ0n) is 8.16. The summed E-state index contributed by atoms with van der Waals surface area (Å²) in [4.78, 5) is 11.1. The number of fused-ring (bicyclic) bond motifs is 1. The van der Waals surface area contributed by atoms with Gasteiger partial charge >= 0.3 is 0 Å². The first-order valence-corrected chi connectivity index (χ1v) is 7.38. The summed E-state index contributed by atoms with van der Waals surface area (Å²) in [7, 11) is 1.51. The minimum Gasteiger partial charge on any atom is -0.276 e. The topological polar surface area (TPSA) is 51.2 Å². The van der Waals surface area contributed by atoms with Crippen molar-refractivity contribution in [2.45, 2.75) is 24.2 Å². The van der Waals surface area contributed by atoms with Crippen LogP contribution in [0.4, 0.5) is 0 Å². The molecule has 0 atom stereocenters. The maximum Gasteiger partial charge on any atom is 0.261 e. The van der Waals surface area contributed by atoms with Crippen molar-refractivity contribution in [3.05, 3.63) is 28.8 Å². The van der Waals surface area contributed by atoms with Crippen LogP contribution in [0.3, 0.4) is 0 Å². The highest BCUT2D eigenvalue weighted by Crippen LogP contribution is 2.32. The minimum absolute atomic E-state index is 0.0215. The minimum atomic E-state index is -3.82. The molecule has 0 radical (unpaired) electrons. The van der Waals surface area contributed by atoms with Crippen LogP contribution in [-0.2, 0) is 21.9 Å². The van der Waals surface area contributed by atoms with Gasteiger partial charge < -0.3 is 0 Å². The molecule has 0 bridgehead atoms. The fourth-order valence-corrected chi connectivity index (χ4v) is 3.31. The van der Waals surface area contributed by atoms with Gasteiger partial charge in [0.1, 0.15) is 0 Å². The first kappa shape index (κ1) is 11.9. The van der Waals surface area contributed by atoms with Gasteiger partial charge in [-0.3, -0.25) is 4.79 Å². The third-order valence-electron chi connectivity index (χ3n) is 2.66. The monoisotopic (exact) mass is 278 g/mol. The van der Waals surface area contributed by atoms with Gasteiger partial charge in [0.25, 0.3) is 14.3 Å². The number of aryl methyl sites for hydroxylation is 1. The molecule has 86 valence electrons. The quantitative estimate of drug-likeness (QED) is 0.781. The van der Waals surface area contributed by atoms with Crippen molar-refractivity contribution in [1.29, 1.82) is 0 Å². The number of hydrogen-bond acceptors (Lipinski definition) is 3. The molecule has 0 amide bonds. The summed E-state index contributed by atoms with van der Waals surface area (Å²) in [6.45, 7) is 0. The summed E-state index contributed by atoms with van der Waals surface area (Å²) in [5, 5.41) is -0.670. The highest BCUT2D eigenvalue weighted by molar-refractivity contribution is 8.13. The Hall–Kier alpha value is -0.580. The molecule has 1 aliphatic carbocycles. The number of benzene rings is 1. The summed E-state index contributed by atoms with van der Waals surface area (Å²) < 4.78 is 22.8. The van der Waals surface area contributed by atoms with Gasteiger partial charge in [0.2, 0.25) is 0 Å². The van der Waals surface area contributed by atoms with Gasteiger partial charge in [0, 0.05) is 16.2 Å². The molecule has 0 saturated carbocycles. The SMILES string of the molecule is O=C(Cl)c1cc2c(c(S(=O)(=O)Cl)c1)CCC2. The van der Waals surface area contributed by atoms with Crippen LogP contribution in [0.1, 0.15) is 27.9 Å². The third-order valence-corrected chi connectivity index (χ3v) is 4.27. The van der Waals surface area contributed by atoms with E-state index >= 15 is 0 Å². The largest absolute Gasteiger partial charge is 0.276 e. The molecule has 3 nitrogen and oxygen atoms in total. The van der Waals surface area contributed by atoms with Crippen LogP contribution in [0.2, 0.25) is 0 Å². The van der Waals surface area contributed by atoms with Crippen LogP contribution in [0.25, 0.3) is 0 Å². The molecular weight excluding hydrogens is 271 g/mol. The van der Waals surface area contributed by atoms with E-state index in [4.69, 9.17) is 22.3 Å². The lowest BCUT2D eigenvalue weighted by Crippen LogP contribution is -2.01. The van der Waals surface area contributed by atoms with Gasteiger partial charge in [-0.1, -0.05) is 0 Å². The molecule has 0 N–H and O–H groups in total. The molecule has 0 aromatic heterocycles. The normalized spacial score (nSPS) is 14.9. The van der Waals surface area contributed by atoms with Crippen molar-refractivity contribution in [2.75, 3.05) is 0 Å². The summed E-state index contributed by atoms with van der Waals surface area (Å²) in [5.74, 6) is 0. The van der Waals surface area contributed by atoms with E-state index < -0.39 is 14.3 Å². The molecule has 6 heteroatoms. The highest BCUT2D eigenvalue weighted by Gasteiger charge is 2.24. The van der Waals surface area contributed by atoms with Crippen LogP contribution < -0.4 is 0 Å². The van der Waals surface area contributed by atoms with Crippen LogP contribution in [0.15, 0.2) is 17.0 Å². The Bertz CT molecular complexity index is 564. The lowest BCUT2D eigenvalue weighted by atomic mass is 10.1. The van der Waals surface area contributed by atoms with Gasteiger partial charge in [-0.25, -0.2) is 8.42 Å². The maximum atomic E-state index is 11.4. The Labute approximate surface area is 103 Å². The Morgan fingerprint density at radius 1 is 1.25 bits per heavy atom. The molecule has 0 heterocycles. The first-order valence-electron chi connectivity index (χ1n) is 4.70. The summed E-state index contributed by atoms with van der Waals surface area (Å²) >= 11 is 5.35. The van der Waals surface area contributed by atoms with Crippen molar-refractivity contribution in [3.8, 4) is 0 Å². The first-order chi connectivity index (χ1) is 7.39. The Balaban J connectivity index is 2.73. The molecule has 1 aromatic carbocycles. The zero-order chi connectivity index (χ0) is 11.9. The predicted octanol–water partition coefficient (Wildman–Crippen LogP) is 2.48. The summed E-state index contributed by atoms with van der Waals surface area (Å²) in [5.41, 5.74) is 1.75. The number of halogens is 2. The van der Waals surface area contributed by atoms with Gasteiger partial charge in [-0.2, -0.15) is 0 Å². The van der Waals surface area contributed by atoms with Gasteiger partial charge in [-0.15, -0.1) is 0 Å². The van der Waals surface area contributed by atoms with Crippen LogP contribution in [-0.4, -0.2) is 13.7 Å². The average Bonchev–Trinajstić information content (AvgIpc) is 2.61. The van der Waals surface area contributed by atoms with Crippen molar-refractivity contribution in [1.82, 2.24) is 0 Å². The Morgan fingerprint density at radius 3 is 2.50 bits per heavy atom. The van der Waals surface area contributed by atoms with Crippen LogP contribution in [0, 0.1) is 0 Å². The fourth-order valence-electron chi connectivity index (χ4n) is 2.00. The van der Waals surface area contributed by atoms with Gasteiger partial charge in [-0.05, 0) is 54.1 Å². The van der Waals surface area contributed by atoms with E-state index in [1.54, 1.807) is 6.07 Å². The van der Waals surface area contributed by atoms with Crippen molar-refractivity contribution < 1.29 is 13.2 Å². The summed E-state index contributed by atoms with van der Waals surface area (Å²) in [6.07, 6.45) is 2.30. The molecule has 0 unspecified atom stereocenters. The van der Waals surface area contributed by atoms with Crippen molar-refractivity contribution in [3.63, 3.8) is 0 Å². The van der Waals surface area contributed by atoms with Crippen molar-refractivity contribution in [2.24, 2.45) is 0 Å². The Morgan fingerprint density at radius 2 is 1.94 bits per heavy atom. The molecule has 2 rings (SSSR count). The molecular formula is C10H8Cl2O3S. The van der Waals surface area contributed by atoms with Crippen LogP contribution >= 0.6 is 22.3 Å². The Kier molecular flexibility index (Phi) is 2.99. The van der Waals surface area contributed by atoms with E-state index in [2.05, 4.69) is 0 Å². The molecule has 0 aliphatic heterocycles. The second-order valence-corrected chi connectivity index (χ2v) is 6.55. The van der Waals surface area contributed by atoms with E-state index in [9.17, 15) is 13.2 Å². The van der Waals surface area contributed by atoms with E-state index in [0.29, 0.717) is 6.42 Å². The second-order valence-electron chi connectivity index (χ2n) is 3.68. The molecule has 0 saturated heterocycles. The van der Waals surface area contributed by atoms with Gasteiger partial charge in [0.05, 0.1) is 4.90 Å². The number of carbonyl (C=O) groups is 1. The number of carbonyl (C=O) groups excluding carboxylic acids is 1. The molecule has 0 spiro atoms. The molecule has 1 aliphatic rings. The van der Waals surface area contributed by atoms with Crippen molar-refractivity contribution >= 4 is 36.6 Å². The second kappa shape index (κ2) is 4.02. The third kappa shape index (κ3) is 2.10. The lowest BCUT2D eigenvalue weighted by molar-refractivity contribution is 0.108. The number of hydrogen-bond donors (Lipinski definition) is 0. The van der Waals surface area contributed by atoms with E-state index in [0.717, 1.165) is 24.0 Å². The van der Waals surface area contributed by atoms with Crippen LogP contribution in [0.5, 0.6) is 0 Å². The van der Waals surface area contributed by atoms with E-state index in [-0.39, 0.29) is 10.5 Å². The predicted molar refractivity (Wildman–Crippen MR) is 61.7 cm³/mol. The molecule has 16 heavy (non-hydrogen) atoms. The molecule has 0 fully saturated rings. The van der Waals surface area contributed by atoms with E-state index in [1.807, 2.05) is 0 Å². The maximum absolute atomic E-state index is 11.4. The summed E-state index contributed by atoms with van der Waals surface area (Å²) in [6, 6.07) is 2.89.